The van der Waals surface area contributed by atoms with Crippen LogP contribution in [0.2, 0.25) is 5.02 Å². The lowest BCUT2D eigenvalue weighted by molar-refractivity contribution is -0.116. The lowest BCUT2D eigenvalue weighted by atomic mass is 10.2. The van der Waals surface area contributed by atoms with Crippen molar-refractivity contribution < 1.29 is 4.79 Å². The van der Waals surface area contributed by atoms with Crippen LogP contribution in [0.1, 0.15) is 17.7 Å². The number of aryl methyl sites for hydroxylation is 2. The van der Waals surface area contributed by atoms with Gasteiger partial charge in [0.2, 0.25) is 5.91 Å². The van der Waals surface area contributed by atoms with Crippen molar-refractivity contribution in [2.75, 3.05) is 5.32 Å². The first kappa shape index (κ1) is 17.7. The molecule has 25 heavy (non-hydrogen) atoms. The first-order chi connectivity index (χ1) is 12.0. The lowest BCUT2D eigenvalue weighted by Gasteiger charge is -2.04. The van der Waals surface area contributed by atoms with Crippen molar-refractivity contribution in [1.29, 1.82) is 0 Å². The van der Waals surface area contributed by atoms with Gasteiger partial charge in [0.05, 0.1) is 16.7 Å². The summed E-state index contributed by atoms with van der Waals surface area (Å²) >= 11 is 9.58. The van der Waals surface area contributed by atoms with E-state index >= 15 is 0 Å². The molecular weight excluding hydrogens is 406 g/mol. The number of aromatic nitrogens is 4. The van der Waals surface area contributed by atoms with Gasteiger partial charge < -0.3 is 5.32 Å². The van der Waals surface area contributed by atoms with Crippen LogP contribution < -0.4 is 5.32 Å². The van der Waals surface area contributed by atoms with Crippen LogP contribution in [0.25, 0.3) is 0 Å². The van der Waals surface area contributed by atoms with Crippen LogP contribution in [0, 0.1) is 6.92 Å². The third kappa shape index (κ3) is 4.70. The van der Waals surface area contributed by atoms with Crippen LogP contribution in [-0.2, 0) is 17.9 Å². The first-order valence-electron chi connectivity index (χ1n) is 7.77. The van der Waals surface area contributed by atoms with E-state index in [2.05, 4.69) is 31.4 Å². The van der Waals surface area contributed by atoms with E-state index in [1.54, 1.807) is 15.6 Å². The second-order valence-corrected chi connectivity index (χ2v) is 6.89. The van der Waals surface area contributed by atoms with E-state index in [9.17, 15) is 4.79 Å². The smallest absolute Gasteiger partial charge is 0.227 e. The molecule has 0 bridgehead atoms. The van der Waals surface area contributed by atoms with Gasteiger partial charge in [-0.05, 0) is 28.4 Å². The monoisotopic (exact) mass is 421 g/mol. The second-order valence-electron chi connectivity index (χ2n) is 5.63. The average Bonchev–Trinajstić information content (AvgIpc) is 3.08. The second kappa shape index (κ2) is 7.84. The maximum absolute atomic E-state index is 12.1. The average molecular weight is 423 g/mol. The molecule has 2 heterocycles. The largest absolute Gasteiger partial charge is 0.308 e. The molecular formula is C17H17BrClN5O. The Morgan fingerprint density at radius 2 is 1.96 bits per heavy atom. The molecule has 0 unspecified atom stereocenters. The van der Waals surface area contributed by atoms with Crippen LogP contribution in [0.15, 0.2) is 47.2 Å². The summed E-state index contributed by atoms with van der Waals surface area (Å²) in [5.74, 6) is 0.219. The Bertz CT molecular complexity index is 855. The third-order valence-corrected chi connectivity index (χ3v) is 4.67. The standard InChI is InChI=1S/C17H17BrClN5O/c1-12-14(18)10-23(21-12)8-7-16(25)20-17-15(19)11-24(22-17)9-13-5-3-2-4-6-13/h2-6,10-11H,7-9H2,1H3,(H,20,22,25). The Labute approximate surface area is 158 Å². The fourth-order valence-corrected chi connectivity index (χ4v) is 2.87. The van der Waals surface area contributed by atoms with Gasteiger partial charge in [-0.2, -0.15) is 10.2 Å². The Balaban J connectivity index is 1.57. The van der Waals surface area contributed by atoms with E-state index in [4.69, 9.17) is 11.6 Å². The quantitative estimate of drug-likeness (QED) is 0.655. The number of halogens is 2. The van der Waals surface area contributed by atoms with Crippen molar-refractivity contribution in [1.82, 2.24) is 19.6 Å². The van der Waals surface area contributed by atoms with Crippen molar-refractivity contribution >= 4 is 39.3 Å². The van der Waals surface area contributed by atoms with Gasteiger partial charge in [0.1, 0.15) is 5.02 Å². The zero-order chi connectivity index (χ0) is 17.8. The molecule has 0 aliphatic rings. The maximum Gasteiger partial charge on any atom is 0.227 e. The fourth-order valence-electron chi connectivity index (χ4n) is 2.35. The van der Waals surface area contributed by atoms with Gasteiger partial charge in [-0.3, -0.25) is 14.2 Å². The molecule has 6 nitrogen and oxygen atoms in total. The number of benzene rings is 1. The molecule has 0 saturated carbocycles. The molecule has 130 valence electrons. The molecule has 0 atom stereocenters. The van der Waals surface area contributed by atoms with Gasteiger partial charge in [-0.1, -0.05) is 41.9 Å². The summed E-state index contributed by atoms with van der Waals surface area (Å²) in [6.07, 6.45) is 3.84. The summed E-state index contributed by atoms with van der Waals surface area (Å²) in [4.78, 5) is 12.1. The molecule has 1 N–H and O–H groups in total. The molecule has 8 heteroatoms. The molecule has 3 aromatic rings. The van der Waals surface area contributed by atoms with Crippen molar-refractivity contribution in [3.63, 3.8) is 0 Å². The first-order valence-corrected chi connectivity index (χ1v) is 8.94. The van der Waals surface area contributed by atoms with Gasteiger partial charge in [0.15, 0.2) is 5.82 Å². The topological polar surface area (TPSA) is 64.7 Å². The molecule has 3 rings (SSSR count). The minimum absolute atomic E-state index is 0.156. The lowest BCUT2D eigenvalue weighted by Crippen LogP contribution is -2.15. The zero-order valence-corrected chi connectivity index (χ0v) is 16.0. The van der Waals surface area contributed by atoms with Crippen molar-refractivity contribution in [2.45, 2.75) is 26.4 Å². The normalized spacial score (nSPS) is 10.8. The summed E-state index contributed by atoms with van der Waals surface area (Å²) in [6, 6.07) is 9.93. The number of carbonyl (C=O) groups excluding carboxylic acids is 1. The van der Waals surface area contributed by atoms with E-state index < -0.39 is 0 Å². The Kier molecular flexibility index (Phi) is 5.55. The number of amides is 1. The van der Waals surface area contributed by atoms with Gasteiger partial charge in [0, 0.05) is 25.4 Å². The molecule has 1 aromatic carbocycles. The summed E-state index contributed by atoms with van der Waals surface area (Å²) in [6.45, 7) is 2.98. The molecule has 0 aliphatic carbocycles. The van der Waals surface area contributed by atoms with E-state index in [0.29, 0.717) is 23.9 Å². The zero-order valence-electron chi connectivity index (χ0n) is 13.6. The molecule has 0 aliphatic heterocycles. The molecule has 0 radical (unpaired) electrons. The van der Waals surface area contributed by atoms with Crippen molar-refractivity contribution in [3.8, 4) is 0 Å². The number of hydrogen-bond acceptors (Lipinski definition) is 3. The van der Waals surface area contributed by atoms with E-state index in [1.165, 1.54) is 0 Å². The summed E-state index contributed by atoms with van der Waals surface area (Å²) < 4.78 is 4.37. The molecule has 0 saturated heterocycles. The summed E-state index contributed by atoms with van der Waals surface area (Å²) in [5.41, 5.74) is 2.00. The molecule has 1 amide bonds. The minimum atomic E-state index is -0.156. The molecule has 0 spiro atoms. The summed E-state index contributed by atoms with van der Waals surface area (Å²) in [5, 5.41) is 11.8. The molecule has 0 fully saturated rings. The number of nitrogens with zero attached hydrogens (tertiary/aromatic N) is 4. The van der Waals surface area contributed by atoms with Crippen LogP contribution in [0.5, 0.6) is 0 Å². The maximum atomic E-state index is 12.1. The Morgan fingerprint density at radius 1 is 1.20 bits per heavy atom. The van der Waals surface area contributed by atoms with Crippen LogP contribution in [-0.4, -0.2) is 25.5 Å². The summed E-state index contributed by atoms with van der Waals surface area (Å²) in [7, 11) is 0. The highest BCUT2D eigenvalue weighted by Crippen LogP contribution is 2.20. The SMILES string of the molecule is Cc1nn(CCC(=O)Nc2nn(Cc3ccccc3)cc2Cl)cc1Br. The van der Waals surface area contributed by atoms with E-state index in [1.807, 2.05) is 43.5 Å². The highest BCUT2D eigenvalue weighted by Gasteiger charge is 2.11. The highest BCUT2D eigenvalue weighted by molar-refractivity contribution is 9.10. The fraction of sp³-hybridized carbons (Fsp3) is 0.235. The number of rotatable bonds is 6. The predicted molar refractivity (Wildman–Crippen MR) is 101 cm³/mol. The Hall–Kier alpha value is -2.12. The van der Waals surface area contributed by atoms with Gasteiger partial charge in [-0.25, -0.2) is 0 Å². The van der Waals surface area contributed by atoms with Crippen molar-refractivity contribution in [2.24, 2.45) is 0 Å². The Morgan fingerprint density at radius 3 is 2.64 bits per heavy atom. The predicted octanol–water partition coefficient (Wildman–Crippen LogP) is 3.88. The molecule has 2 aromatic heterocycles. The van der Waals surface area contributed by atoms with Crippen LogP contribution >= 0.6 is 27.5 Å². The van der Waals surface area contributed by atoms with Crippen LogP contribution in [0.4, 0.5) is 5.82 Å². The van der Waals surface area contributed by atoms with Gasteiger partial charge in [0.25, 0.3) is 0 Å². The number of hydrogen-bond donors (Lipinski definition) is 1. The van der Waals surface area contributed by atoms with Gasteiger partial charge in [-0.15, -0.1) is 0 Å². The van der Waals surface area contributed by atoms with Crippen molar-refractivity contribution in [3.05, 3.63) is 63.5 Å². The number of anilines is 1. The number of carbonyl (C=O) groups is 1. The van der Waals surface area contributed by atoms with E-state index in [0.717, 1.165) is 15.7 Å². The number of nitrogens with one attached hydrogen (secondary N) is 1. The van der Waals surface area contributed by atoms with E-state index in [-0.39, 0.29) is 12.3 Å². The third-order valence-electron chi connectivity index (χ3n) is 3.62. The van der Waals surface area contributed by atoms with Gasteiger partial charge >= 0.3 is 0 Å². The van der Waals surface area contributed by atoms with Crippen LogP contribution in [0.3, 0.4) is 0 Å². The highest BCUT2D eigenvalue weighted by atomic mass is 79.9. The minimum Gasteiger partial charge on any atom is -0.308 e.